The smallest absolute Gasteiger partial charge is 0.251 e. The van der Waals surface area contributed by atoms with E-state index < -0.39 is 0 Å². The summed E-state index contributed by atoms with van der Waals surface area (Å²) in [7, 11) is 0. The molecule has 2 nitrogen and oxygen atoms in total. The Morgan fingerprint density at radius 1 is 0.643 bits per heavy atom. The molecule has 0 aliphatic heterocycles. The molecule has 1 amide bonds. The maximum absolute atomic E-state index is 12.9. The van der Waals surface area contributed by atoms with Crippen LogP contribution in [0.25, 0.3) is 10.8 Å². The van der Waals surface area contributed by atoms with E-state index in [1.54, 1.807) is 0 Å². The third-order valence-electron chi connectivity index (χ3n) is 5.11. The molecule has 0 fully saturated rings. The van der Waals surface area contributed by atoms with Crippen LogP contribution in [0.15, 0.2) is 97.1 Å². The average Bonchev–Trinajstić information content (AvgIpc) is 2.77. The Labute approximate surface area is 165 Å². The predicted molar refractivity (Wildman–Crippen MR) is 115 cm³/mol. The molecule has 138 valence electrons. The second kappa shape index (κ2) is 8.53. The minimum absolute atomic E-state index is 0.0170. The molecule has 0 aromatic heterocycles. The van der Waals surface area contributed by atoms with E-state index in [-0.39, 0.29) is 5.91 Å². The first kappa shape index (κ1) is 18.0. The fraction of sp³-hybridized carbons (Fsp3) is 0.115. The number of carbonyl (C=O) groups excluding carboxylic acids is 1. The molecular weight excluding hydrogens is 342 g/mol. The van der Waals surface area contributed by atoms with Gasteiger partial charge in [-0.1, -0.05) is 91.0 Å². The van der Waals surface area contributed by atoms with E-state index in [4.69, 9.17) is 0 Å². The van der Waals surface area contributed by atoms with Crippen molar-refractivity contribution < 1.29 is 4.79 Å². The highest BCUT2D eigenvalue weighted by Gasteiger charge is 2.11. The largest absolute Gasteiger partial charge is 0.348 e. The summed E-state index contributed by atoms with van der Waals surface area (Å²) in [6.45, 7) is 0.521. The Morgan fingerprint density at radius 2 is 1.32 bits per heavy atom. The highest BCUT2D eigenvalue weighted by molar-refractivity contribution is 5.96. The molecule has 1 N–H and O–H groups in total. The Bertz CT molecular complexity index is 1080. The van der Waals surface area contributed by atoms with Crippen LogP contribution in [0.4, 0.5) is 0 Å². The molecule has 4 rings (SSSR count). The van der Waals surface area contributed by atoms with Gasteiger partial charge in [-0.3, -0.25) is 4.79 Å². The molecule has 0 radical (unpaired) electrons. The molecule has 0 bridgehead atoms. The SMILES string of the molecule is O=C(NCc1cccc2ccccc12)c1ccccc1CCc1ccccc1. The Morgan fingerprint density at radius 3 is 2.21 bits per heavy atom. The minimum Gasteiger partial charge on any atom is -0.348 e. The van der Waals surface area contributed by atoms with E-state index in [2.05, 4.69) is 59.9 Å². The number of nitrogens with one attached hydrogen (secondary N) is 1. The molecule has 0 heterocycles. The quantitative estimate of drug-likeness (QED) is 0.476. The Kier molecular flexibility index (Phi) is 5.48. The van der Waals surface area contributed by atoms with Crippen LogP contribution in [0.1, 0.15) is 27.0 Å². The molecule has 0 spiro atoms. The van der Waals surface area contributed by atoms with E-state index in [1.165, 1.54) is 16.3 Å². The molecular formula is C26H23NO. The minimum atomic E-state index is -0.0170. The molecule has 0 unspecified atom stereocenters. The van der Waals surface area contributed by atoms with Gasteiger partial charge in [0.25, 0.3) is 5.91 Å². The molecule has 28 heavy (non-hydrogen) atoms. The van der Waals surface area contributed by atoms with Crippen LogP contribution in [-0.2, 0) is 19.4 Å². The van der Waals surface area contributed by atoms with Gasteiger partial charge in [-0.2, -0.15) is 0 Å². The summed E-state index contributed by atoms with van der Waals surface area (Å²) in [6.07, 6.45) is 1.77. The summed E-state index contributed by atoms with van der Waals surface area (Å²) >= 11 is 0. The van der Waals surface area contributed by atoms with Crippen molar-refractivity contribution in [2.24, 2.45) is 0 Å². The van der Waals surface area contributed by atoms with Crippen molar-refractivity contribution in [2.75, 3.05) is 0 Å². The van der Waals surface area contributed by atoms with E-state index in [0.717, 1.165) is 29.5 Å². The maximum atomic E-state index is 12.9. The van der Waals surface area contributed by atoms with E-state index in [9.17, 15) is 4.79 Å². The second-order valence-corrected chi connectivity index (χ2v) is 6.96. The van der Waals surface area contributed by atoms with Crippen molar-refractivity contribution in [2.45, 2.75) is 19.4 Å². The highest BCUT2D eigenvalue weighted by atomic mass is 16.1. The number of carbonyl (C=O) groups is 1. The third-order valence-corrected chi connectivity index (χ3v) is 5.11. The predicted octanol–water partition coefficient (Wildman–Crippen LogP) is 5.56. The summed E-state index contributed by atoms with van der Waals surface area (Å²) in [5.41, 5.74) is 4.27. The number of rotatable bonds is 6. The van der Waals surface area contributed by atoms with Crippen molar-refractivity contribution in [3.05, 3.63) is 119 Å². The van der Waals surface area contributed by atoms with Gasteiger partial charge in [-0.05, 0) is 46.4 Å². The van der Waals surface area contributed by atoms with Crippen LogP contribution in [0.3, 0.4) is 0 Å². The van der Waals surface area contributed by atoms with Gasteiger partial charge in [0.2, 0.25) is 0 Å². The fourth-order valence-electron chi connectivity index (χ4n) is 3.60. The van der Waals surface area contributed by atoms with Gasteiger partial charge in [-0.15, -0.1) is 0 Å². The number of benzene rings is 4. The lowest BCUT2D eigenvalue weighted by Gasteiger charge is -2.12. The normalized spacial score (nSPS) is 10.7. The second-order valence-electron chi connectivity index (χ2n) is 6.96. The Hall–Kier alpha value is -3.39. The van der Waals surface area contributed by atoms with Crippen molar-refractivity contribution in [1.82, 2.24) is 5.32 Å². The topological polar surface area (TPSA) is 29.1 Å². The lowest BCUT2D eigenvalue weighted by molar-refractivity contribution is 0.0950. The van der Waals surface area contributed by atoms with Crippen molar-refractivity contribution in [3.8, 4) is 0 Å². The molecule has 2 heteroatoms. The summed E-state index contributed by atoms with van der Waals surface area (Å²) in [4.78, 5) is 12.9. The number of amides is 1. The number of hydrogen-bond acceptors (Lipinski definition) is 1. The van der Waals surface area contributed by atoms with Crippen LogP contribution < -0.4 is 5.32 Å². The van der Waals surface area contributed by atoms with Gasteiger partial charge in [0.05, 0.1) is 0 Å². The summed E-state index contributed by atoms with van der Waals surface area (Å²) in [6, 6.07) is 32.8. The summed E-state index contributed by atoms with van der Waals surface area (Å²) in [5, 5.41) is 5.48. The monoisotopic (exact) mass is 365 g/mol. The zero-order valence-corrected chi connectivity index (χ0v) is 15.8. The van der Waals surface area contributed by atoms with Gasteiger partial charge in [0, 0.05) is 12.1 Å². The van der Waals surface area contributed by atoms with Crippen LogP contribution in [0.2, 0.25) is 0 Å². The first-order valence-electron chi connectivity index (χ1n) is 9.68. The standard InChI is InChI=1S/C26H23NO/c28-26(27-19-23-14-8-13-21-11-4-6-15-24(21)23)25-16-7-5-12-22(25)18-17-20-9-2-1-3-10-20/h1-16H,17-19H2,(H,27,28). The average molecular weight is 365 g/mol. The lowest BCUT2D eigenvalue weighted by Crippen LogP contribution is -2.24. The van der Waals surface area contributed by atoms with E-state index in [0.29, 0.717) is 6.54 Å². The summed E-state index contributed by atoms with van der Waals surface area (Å²) < 4.78 is 0. The first-order chi connectivity index (χ1) is 13.8. The third kappa shape index (κ3) is 4.12. The van der Waals surface area contributed by atoms with E-state index >= 15 is 0 Å². The molecule has 4 aromatic rings. The number of fused-ring (bicyclic) bond motifs is 1. The van der Waals surface area contributed by atoms with Gasteiger partial charge in [-0.25, -0.2) is 0 Å². The number of aryl methyl sites for hydroxylation is 2. The van der Waals surface area contributed by atoms with E-state index in [1.807, 2.05) is 42.5 Å². The van der Waals surface area contributed by atoms with Crippen molar-refractivity contribution >= 4 is 16.7 Å². The molecule has 4 aromatic carbocycles. The molecule has 0 aliphatic rings. The van der Waals surface area contributed by atoms with Crippen LogP contribution >= 0.6 is 0 Å². The lowest BCUT2D eigenvalue weighted by atomic mass is 9.99. The van der Waals surface area contributed by atoms with Gasteiger partial charge in [0.1, 0.15) is 0 Å². The molecule has 0 aliphatic carbocycles. The van der Waals surface area contributed by atoms with Crippen molar-refractivity contribution in [3.63, 3.8) is 0 Å². The van der Waals surface area contributed by atoms with Gasteiger partial charge in [0.15, 0.2) is 0 Å². The van der Waals surface area contributed by atoms with Crippen LogP contribution in [0, 0.1) is 0 Å². The zero-order valence-electron chi connectivity index (χ0n) is 15.8. The molecule has 0 saturated carbocycles. The zero-order chi connectivity index (χ0) is 19.2. The Balaban J connectivity index is 1.47. The van der Waals surface area contributed by atoms with Gasteiger partial charge >= 0.3 is 0 Å². The van der Waals surface area contributed by atoms with Gasteiger partial charge < -0.3 is 5.32 Å². The number of hydrogen-bond donors (Lipinski definition) is 1. The van der Waals surface area contributed by atoms with Crippen molar-refractivity contribution in [1.29, 1.82) is 0 Å². The summed E-state index contributed by atoms with van der Waals surface area (Å²) in [5.74, 6) is -0.0170. The highest BCUT2D eigenvalue weighted by Crippen LogP contribution is 2.19. The first-order valence-corrected chi connectivity index (χ1v) is 9.68. The van der Waals surface area contributed by atoms with Crippen LogP contribution in [-0.4, -0.2) is 5.91 Å². The molecule has 0 saturated heterocycles. The van der Waals surface area contributed by atoms with Crippen LogP contribution in [0.5, 0.6) is 0 Å². The molecule has 0 atom stereocenters. The fourth-order valence-corrected chi connectivity index (χ4v) is 3.60. The maximum Gasteiger partial charge on any atom is 0.251 e.